The molecular formula is C28H25N3O5. The minimum Gasteiger partial charge on any atom is -0.488 e. The van der Waals surface area contributed by atoms with Crippen LogP contribution in [-0.2, 0) is 19.7 Å². The zero-order valence-electron chi connectivity index (χ0n) is 19.4. The first kappa shape index (κ1) is 24.3. The molecule has 0 aliphatic heterocycles. The van der Waals surface area contributed by atoms with E-state index >= 15 is 0 Å². The topological polar surface area (TPSA) is 124 Å². The van der Waals surface area contributed by atoms with E-state index in [0.717, 1.165) is 11.1 Å². The second kappa shape index (κ2) is 11.5. The van der Waals surface area contributed by atoms with Crippen LogP contribution in [-0.4, -0.2) is 17.7 Å². The Kier molecular flexibility index (Phi) is 7.77. The van der Waals surface area contributed by atoms with Crippen molar-refractivity contribution in [1.29, 1.82) is 0 Å². The van der Waals surface area contributed by atoms with Crippen LogP contribution in [0, 0.1) is 0 Å². The fourth-order valence-corrected chi connectivity index (χ4v) is 3.55. The normalized spacial score (nSPS) is 10.4. The molecule has 4 rings (SSSR count). The molecule has 0 fully saturated rings. The number of hydrogen-bond donors (Lipinski definition) is 3. The predicted octanol–water partition coefficient (Wildman–Crippen LogP) is 3.82. The van der Waals surface area contributed by atoms with Crippen molar-refractivity contribution in [1.82, 2.24) is 10.6 Å². The van der Waals surface area contributed by atoms with Crippen molar-refractivity contribution < 1.29 is 23.5 Å². The van der Waals surface area contributed by atoms with Gasteiger partial charge in [0.05, 0.1) is 18.4 Å². The van der Waals surface area contributed by atoms with Gasteiger partial charge in [-0.15, -0.1) is 0 Å². The minimum absolute atomic E-state index is 0.167. The monoisotopic (exact) mass is 483 g/mol. The number of hydrogen-bond acceptors (Lipinski definition) is 5. The molecule has 3 aromatic carbocycles. The van der Waals surface area contributed by atoms with E-state index in [4.69, 9.17) is 14.9 Å². The first-order valence-corrected chi connectivity index (χ1v) is 11.3. The molecule has 0 saturated heterocycles. The number of benzene rings is 3. The molecule has 0 aliphatic rings. The van der Waals surface area contributed by atoms with Crippen LogP contribution in [0.5, 0.6) is 5.75 Å². The van der Waals surface area contributed by atoms with Crippen molar-refractivity contribution in [2.45, 2.75) is 19.7 Å². The molecule has 1 aromatic heterocycles. The molecule has 182 valence electrons. The van der Waals surface area contributed by atoms with Gasteiger partial charge in [-0.25, -0.2) is 0 Å². The fourth-order valence-electron chi connectivity index (χ4n) is 3.55. The molecule has 36 heavy (non-hydrogen) atoms. The number of amides is 3. The number of nitrogens with one attached hydrogen (secondary N) is 2. The van der Waals surface area contributed by atoms with Gasteiger partial charge in [0.1, 0.15) is 18.1 Å². The lowest BCUT2D eigenvalue weighted by molar-refractivity contribution is 0.0943. The Hall–Kier alpha value is -4.85. The number of ether oxygens (including phenoxy) is 1. The molecule has 0 spiro atoms. The van der Waals surface area contributed by atoms with E-state index in [9.17, 15) is 14.4 Å². The van der Waals surface area contributed by atoms with Crippen LogP contribution in [0.1, 0.15) is 48.0 Å². The van der Waals surface area contributed by atoms with Crippen LogP contribution in [0.15, 0.2) is 95.6 Å². The van der Waals surface area contributed by atoms with E-state index in [1.165, 1.54) is 0 Å². The van der Waals surface area contributed by atoms with Gasteiger partial charge in [0.2, 0.25) is 0 Å². The highest BCUT2D eigenvalue weighted by molar-refractivity contribution is 5.96. The Labute approximate surface area is 208 Å². The van der Waals surface area contributed by atoms with Gasteiger partial charge in [-0.1, -0.05) is 36.4 Å². The second-order valence-corrected chi connectivity index (χ2v) is 7.99. The van der Waals surface area contributed by atoms with Crippen LogP contribution >= 0.6 is 0 Å². The van der Waals surface area contributed by atoms with E-state index < -0.39 is 5.91 Å². The Balaban J connectivity index is 1.33. The highest BCUT2D eigenvalue weighted by atomic mass is 16.5. The van der Waals surface area contributed by atoms with Crippen molar-refractivity contribution in [3.8, 4) is 5.75 Å². The van der Waals surface area contributed by atoms with Crippen LogP contribution in [0.4, 0.5) is 0 Å². The van der Waals surface area contributed by atoms with E-state index in [0.29, 0.717) is 34.7 Å². The summed E-state index contributed by atoms with van der Waals surface area (Å²) in [5.41, 5.74) is 8.19. The van der Waals surface area contributed by atoms with Crippen molar-refractivity contribution in [2.75, 3.05) is 0 Å². The van der Waals surface area contributed by atoms with Crippen LogP contribution < -0.4 is 21.1 Å². The highest BCUT2D eigenvalue weighted by Gasteiger charge is 2.11. The molecule has 0 saturated carbocycles. The lowest BCUT2D eigenvalue weighted by atomic mass is 10.1. The van der Waals surface area contributed by atoms with Gasteiger partial charge in [-0.2, -0.15) is 0 Å². The van der Waals surface area contributed by atoms with E-state index in [1.54, 1.807) is 79.1 Å². The number of para-hydroxylation sites is 1. The van der Waals surface area contributed by atoms with E-state index in [1.807, 2.05) is 12.1 Å². The first-order valence-electron chi connectivity index (χ1n) is 11.3. The van der Waals surface area contributed by atoms with Gasteiger partial charge in [-0.05, 0) is 59.7 Å². The van der Waals surface area contributed by atoms with Crippen molar-refractivity contribution in [3.05, 3.63) is 125 Å². The quantitative estimate of drug-likeness (QED) is 0.316. The zero-order valence-corrected chi connectivity index (χ0v) is 19.4. The first-order chi connectivity index (χ1) is 17.5. The second-order valence-electron chi connectivity index (χ2n) is 7.99. The number of rotatable bonds is 10. The summed E-state index contributed by atoms with van der Waals surface area (Å²) in [7, 11) is 0. The Morgan fingerprint density at radius 3 is 2.11 bits per heavy atom. The minimum atomic E-state index is -0.571. The number of furan rings is 1. The third-order valence-corrected chi connectivity index (χ3v) is 5.38. The van der Waals surface area contributed by atoms with Gasteiger partial charge in [0.15, 0.2) is 0 Å². The highest BCUT2D eigenvalue weighted by Crippen LogP contribution is 2.19. The van der Waals surface area contributed by atoms with Crippen LogP contribution in [0.3, 0.4) is 0 Å². The standard InChI is InChI=1S/C28H25N3O5/c29-26(32)24-11-1-2-12-25(24)36-18-20-7-4-9-22(15-20)27(33)30-16-19-6-3-8-21(14-19)28(34)31-17-23-10-5-13-35-23/h1-15H,16-18H2,(H2,29,32)(H,30,33)(H,31,34). The summed E-state index contributed by atoms with van der Waals surface area (Å²) in [5, 5.41) is 5.67. The summed E-state index contributed by atoms with van der Waals surface area (Å²) >= 11 is 0. The summed E-state index contributed by atoms with van der Waals surface area (Å²) in [6, 6.07) is 24.3. The van der Waals surface area contributed by atoms with Crippen molar-refractivity contribution >= 4 is 17.7 Å². The molecule has 0 bridgehead atoms. The molecule has 0 radical (unpaired) electrons. The lowest BCUT2D eigenvalue weighted by Gasteiger charge is -2.11. The summed E-state index contributed by atoms with van der Waals surface area (Å²) in [4.78, 5) is 36.7. The number of primary amides is 1. The van der Waals surface area contributed by atoms with Gasteiger partial charge < -0.3 is 25.5 Å². The molecular weight excluding hydrogens is 458 g/mol. The average molecular weight is 484 g/mol. The molecule has 4 N–H and O–H groups in total. The largest absolute Gasteiger partial charge is 0.488 e. The molecule has 3 amide bonds. The van der Waals surface area contributed by atoms with Crippen LogP contribution in [0.25, 0.3) is 0 Å². The summed E-state index contributed by atoms with van der Waals surface area (Å²) in [6.45, 7) is 0.715. The molecule has 8 nitrogen and oxygen atoms in total. The SMILES string of the molecule is NC(=O)c1ccccc1OCc1cccc(C(=O)NCc2cccc(C(=O)NCc3ccco3)c2)c1. The summed E-state index contributed by atoms with van der Waals surface area (Å²) in [6.07, 6.45) is 1.55. The molecule has 0 aliphatic carbocycles. The lowest BCUT2D eigenvalue weighted by Crippen LogP contribution is -2.24. The average Bonchev–Trinajstić information content (AvgIpc) is 3.43. The fraction of sp³-hybridized carbons (Fsp3) is 0.107. The van der Waals surface area contributed by atoms with Gasteiger partial charge >= 0.3 is 0 Å². The van der Waals surface area contributed by atoms with Gasteiger partial charge in [0.25, 0.3) is 17.7 Å². The maximum absolute atomic E-state index is 12.7. The Morgan fingerprint density at radius 2 is 1.42 bits per heavy atom. The Morgan fingerprint density at radius 1 is 0.750 bits per heavy atom. The number of nitrogens with two attached hydrogens (primary N) is 1. The molecule has 0 unspecified atom stereocenters. The van der Waals surface area contributed by atoms with E-state index in [-0.39, 0.29) is 25.0 Å². The van der Waals surface area contributed by atoms with Crippen molar-refractivity contribution in [2.24, 2.45) is 5.73 Å². The maximum Gasteiger partial charge on any atom is 0.252 e. The number of carbonyl (C=O) groups excluding carboxylic acids is 3. The third-order valence-electron chi connectivity index (χ3n) is 5.38. The maximum atomic E-state index is 12.7. The molecule has 1 heterocycles. The summed E-state index contributed by atoms with van der Waals surface area (Å²) < 4.78 is 11.0. The zero-order chi connectivity index (χ0) is 25.3. The van der Waals surface area contributed by atoms with Crippen molar-refractivity contribution in [3.63, 3.8) is 0 Å². The smallest absolute Gasteiger partial charge is 0.252 e. The van der Waals surface area contributed by atoms with E-state index in [2.05, 4.69) is 10.6 Å². The molecule has 4 aromatic rings. The van der Waals surface area contributed by atoms with Crippen LogP contribution in [0.2, 0.25) is 0 Å². The van der Waals surface area contributed by atoms with Gasteiger partial charge in [-0.3, -0.25) is 14.4 Å². The van der Waals surface area contributed by atoms with Gasteiger partial charge in [0, 0.05) is 17.7 Å². The summed E-state index contributed by atoms with van der Waals surface area (Å²) in [5.74, 6) is -0.0190. The Bertz CT molecular complexity index is 1370. The number of carbonyl (C=O) groups is 3. The predicted molar refractivity (Wildman–Crippen MR) is 133 cm³/mol. The molecule has 0 atom stereocenters. The third kappa shape index (κ3) is 6.38. The molecule has 8 heteroatoms.